The highest BCUT2D eigenvalue weighted by Crippen LogP contribution is 2.29. The first kappa shape index (κ1) is 19.8. The van der Waals surface area contributed by atoms with Gasteiger partial charge in [-0.3, -0.25) is 4.79 Å². The zero-order valence-electron chi connectivity index (χ0n) is 17.1. The quantitative estimate of drug-likeness (QED) is 0.358. The summed E-state index contributed by atoms with van der Waals surface area (Å²) in [7, 11) is 0. The molecule has 0 aliphatic carbocycles. The number of fused-ring (bicyclic) bond motifs is 2. The first-order valence-corrected chi connectivity index (χ1v) is 10.2. The molecule has 5 nitrogen and oxygen atoms in total. The molecule has 32 heavy (non-hydrogen) atoms. The van der Waals surface area contributed by atoms with Crippen molar-refractivity contribution in [3.63, 3.8) is 0 Å². The van der Waals surface area contributed by atoms with Crippen molar-refractivity contribution in [3.8, 4) is 5.75 Å². The Hall–Kier alpha value is -4.19. The lowest BCUT2D eigenvalue weighted by Crippen LogP contribution is -2.18. The highest BCUT2D eigenvalue weighted by molar-refractivity contribution is 6.03. The molecule has 5 rings (SSSR count). The van der Waals surface area contributed by atoms with Crippen molar-refractivity contribution in [1.29, 1.82) is 0 Å². The molecule has 0 saturated carbocycles. The number of carbonyl (C=O) groups is 1. The van der Waals surface area contributed by atoms with E-state index in [-0.39, 0.29) is 17.5 Å². The van der Waals surface area contributed by atoms with E-state index >= 15 is 0 Å². The summed E-state index contributed by atoms with van der Waals surface area (Å²) in [6.45, 7) is 1.36. The molecular formula is C26H20FN3O2. The van der Waals surface area contributed by atoms with E-state index in [1.54, 1.807) is 24.3 Å². The van der Waals surface area contributed by atoms with E-state index in [1.807, 2.05) is 42.5 Å². The van der Waals surface area contributed by atoms with Gasteiger partial charge in [0.05, 0.1) is 6.21 Å². The van der Waals surface area contributed by atoms with Gasteiger partial charge in [-0.05, 0) is 64.4 Å². The zero-order valence-corrected chi connectivity index (χ0v) is 17.1. The molecular weight excluding hydrogens is 405 g/mol. The molecule has 1 heterocycles. The van der Waals surface area contributed by atoms with Crippen LogP contribution in [0.5, 0.6) is 5.75 Å². The predicted molar refractivity (Wildman–Crippen MR) is 123 cm³/mol. The van der Waals surface area contributed by atoms with Crippen LogP contribution in [0.1, 0.15) is 27.0 Å². The maximum atomic E-state index is 13.2. The van der Waals surface area contributed by atoms with E-state index in [0.717, 1.165) is 27.6 Å². The van der Waals surface area contributed by atoms with Crippen LogP contribution in [0.4, 0.5) is 10.1 Å². The lowest BCUT2D eigenvalue weighted by Gasteiger charge is -2.17. The number of aromatic hydroxyl groups is 1. The van der Waals surface area contributed by atoms with E-state index in [1.165, 1.54) is 18.3 Å². The van der Waals surface area contributed by atoms with Crippen LogP contribution in [0.2, 0.25) is 0 Å². The van der Waals surface area contributed by atoms with Gasteiger partial charge in [-0.15, -0.1) is 0 Å². The summed E-state index contributed by atoms with van der Waals surface area (Å²) in [4.78, 5) is 14.8. The number of nitrogens with zero attached hydrogens (tertiary/aromatic N) is 2. The predicted octanol–water partition coefficient (Wildman–Crippen LogP) is 4.97. The van der Waals surface area contributed by atoms with Gasteiger partial charge in [-0.2, -0.15) is 5.10 Å². The molecule has 4 aromatic rings. The number of hydrogen-bond donors (Lipinski definition) is 2. The normalized spacial score (nSPS) is 13.0. The largest absolute Gasteiger partial charge is 0.507 e. The molecule has 1 amide bonds. The standard InChI is InChI=1S/C26H20FN3O2/c27-21-8-10-22(11-9-21)30-15-19-6-5-18(13-20(19)16-30)26(32)29-28-14-24-23-4-2-1-3-17(23)7-12-25(24)31/h1-14,31H,15-16H2,(H,29,32)/b28-14+. The van der Waals surface area contributed by atoms with Crippen LogP contribution in [-0.4, -0.2) is 17.2 Å². The smallest absolute Gasteiger partial charge is 0.271 e. The number of phenols is 1. The number of rotatable bonds is 4. The van der Waals surface area contributed by atoms with Crippen LogP contribution in [-0.2, 0) is 13.1 Å². The van der Waals surface area contributed by atoms with Gasteiger partial charge in [0.1, 0.15) is 11.6 Å². The zero-order chi connectivity index (χ0) is 22.1. The second-order valence-corrected chi connectivity index (χ2v) is 7.73. The van der Waals surface area contributed by atoms with Crippen molar-refractivity contribution in [2.24, 2.45) is 5.10 Å². The SMILES string of the molecule is O=C(N/N=C/c1c(O)ccc2ccccc12)c1ccc2c(c1)CN(c1ccc(F)cc1)C2. The van der Waals surface area contributed by atoms with Crippen molar-refractivity contribution in [3.05, 3.63) is 107 Å². The molecule has 1 aliphatic rings. The van der Waals surface area contributed by atoms with E-state index < -0.39 is 0 Å². The molecule has 0 unspecified atom stereocenters. The van der Waals surface area contributed by atoms with Crippen molar-refractivity contribution in [2.45, 2.75) is 13.1 Å². The lowest BCUT2D eigenvalue weighted by atomic mass is 10.0. The Morgan fingerprint density at radius 1 is 0.969 bits per heavy atom. The van der Waals surface area contributed by atoms with Gasteiger partial charge in [-0.25, -0.2) is 9.82 Å². The first-order valence-electron chi connectivity index (χ1n) is 10.2. The minimum Gasteiger partial charge on any atom is -0.507 e. The Morgan fingerprint density at radius 2 is 1.75 bits per heavy atom. The fourth-order valence-electron chi connectivity index (χ4n) is 4.01. The number of halogens is 1. The molecule has 1 aliphatic heterocycles. The van der Waals surface area contributed by atoms with Crippen LogP contribution < -0.4 is 10.3 Å². The van der Waals surface area contributed by atoms with E-state index in [4.69, 9.17) is 0 Å². The molecule has 2 N–H and O–H groups in total. The average Bonchev–Trinajstić information content (AvgIpc) is 3.24. The van der Waals surface area contributed by atoms with Crippen molar-refractivity contribution in [1.82, 2.24) is 5.43 Å². The van der Waals surface area contributed by atoms with Gasteiger partial charge < -0.3 is 10.0 Å². The van der Waals surface area contributed by atoms with Crippen LogP contribution in [0, 0.1) is 5.82 Å². The summed E-state index contributed by atoms with van der Waals surface area (Å²) in [6.07, 6.45) is 1.46. The molecule has 158 valence electrons. The Bertz CT molecular complexity index is 1350. The molecule has 6 heteroatoms. The second-order valence-electron chi connectivity index (χ2n) is 7.73. The monoisotopic (exact) mass is 425 g/mol. The molecule has 0 bridgehead atoms. The molecule has 0 spiro atoms. The number of benzene rings is 4. The van der Waals surface area contributed by atoms with E-state index in [2.05, 4.69) is 15.4 Å². The van der Waals surface area contributed by atoms with Gasteiger partial charge in [0, 0.05) is 29.9 Å². The van der Waals surface area contributed by atoms with Crippen LogP contribution >= 0.6 is 0 Å². The van der Waals surface area contributed by atoms with Crippen LogP contribution in [0.3, 0.4) is 0 Å². The number of nitrogens with one attached hydrogen (secondary N) is 1. The van der Waals surface area contributed by atoms with Crippen molar-refractivity contribution >= 4 is 28.6 Å². The highest BCUT2D eigenvalue weighted by atomic mass is 19.1. The lowest BCUT2D eigenvalue weighted by molar-refractivity contribution is 0.0955. The number of hydrazone groups is 1. The van der Waals surface area contributed by atoms with Crippen molar-refractivity contribution < 1.29 is 14.3 Å². The number of carbonyl (C=O) groups excluding carboxylic acids is 1. The van der Waals surface area contributed by atoms with E-state index in [9.17, 15) is 14.3 Å². The maximum absolute atomic E-state index is 13.2. The summed E-state index contributed by atoms with van der Waals surface area (Å²) in [6, 6.07) is 23.1. The van der Waals surface area contributed by atoms with Gasteiger partial charge in [0.25, 0.3) is 5.91 Å². The molecule has 0 atom stereocenters. The fraction of sp³-hybridized carbons (Fsp3) is 0.0769. The summed E-state index contributed by atoms with van der Waals surface area (Å²) in [5, 5.41) is 16.1. The van der Waals surface area contributed by atoms with Gasteiger partial charge >= 0.3 is 0 Å². The van der Waals surface area contributed by atoms with Gasteiger partial charge in [0.2, 0.25) is 0 Å². The Morgan fingerprint density at radius 3 is 2.59 bits per heavy atom. The Kier molecular flexibility index (Phi) is 5.03. The van der Waals surface area contributed by atoms with Crippen molar-refractivity contribution in [2.75, 3.05) is 4.90 Å². The summed E-state index contributed by atoms with van der Waals surface area (Å²) in [5.74, 6) is -0.495. The third-order valence-corrected chi connectivity index (χ3v) is 5.69. The number of anilines is 1. The van der Waals surface area contributed by atoms with Crippen LogP contribution in [0.15, 0.2) is 84.0 Å². The fourth-order valence-corrected chi connectivity index (χ4v) is 4.01. The molecule has 0 aromatic heterocycles. The summed E-state index contributed by atoms with van der Waals surface area (Å²) < 4.78 is 13.2. The number of amides is 1. The van der Waals surface area contributed by atoms with E-state index in [0.29, 0.717) is 24.2 Å². The number of hydrogen-bond acceptors (Lipinski definition) is 4. The number of phenolic OH excluding ortho intramolecular Hbond substituents is 1. The topological polar surface area (TPSA) is 64.9 Å². The molecule has 0 fully saturated rings. The first-order chi connectivity index (χ1) is 15.6. The average molecular weight is 425 g/mol. The summed E-state index contributed by atoms with van der Waals surface area (Å²) in [5.41, 5.74) is 6.72. The summed E-state index contributed by atoms with van der Waals surface area (Å²) >= 11 is 0. The molecule has 4 aromatic carbocycles. The third kappa shape index (κ3) is 3.78. The minimum atomic E-state index is -0.330. The molecule has 0 radical (unpaired) electrons. The second kappa shape index (κ2) is 8.15. The van der Waals surface area contributed by atoms with Gasteiger partial charge in [-0.1, -0.05) is 36.4 Å². The molecule has 0 saturated heterocycles. The van der Waals surface area contributed by atoms with Gasteiger partial charge in [0.15, 0.2) is 0 Å². The minimum absolute atomic E-state index is 0.0973. The maximum Gasteiger partial charge on any atom is 0.271 e. The Labute approximate surface area is 184 Å². The third-order valence-electron chi connectivity index (χ3n) is 5.69. The van der Waals surface area contributed by atoms with Crippen LogP contribution in [0.25, 0.3) is 10.8 Å². The Balaban J connectivity index is 1.30. The highest BCUT2D eigenvalue weighted by Gasteiger charge is 2.20.